The second-order valence-electron chi connectivity index (χ2n) is 4.89. The third kappa shape index (κ3) is 2.48. The van der Waals surface area contributed by atoms with Crippen LogP contribution in [0.15, 0.2) is 24.3 Å². The van der Waals surface area contributed by atoms with Crippen LogP contribution in [0, 0.1) is 0 Å². The van der Waals surface area contributed by atoms with Crippen molar-refractivity contribution in [2.24, 2.45) is 0 Å². The molecule has 1 heterocycles. The Hall–Kier alpha value is -0.990. The molecule has 2 aromatic rings. The highest BCUT2D eigenvalue weighted by molar-refractivity contribution is 6.31. The number of hydrogen-bond donors (Lipinski definition) is 2. The maximum Gasteiger partial charge on any atom is 0.0457 e. The molecule has 1 aromatic carbocycles. The first kappa shape index (κ1) is 11.1. The lowest BCUT2D eigenvalue weighted by Gasteiger charge is -2.10. The molecule has 3 heteroatoms. The van der Waals surface area contributed by atoms with Crippen LogP contribution in [-0.2, 0) is 6.54 Å². The highest BCUT2D eigenvalue weighted by Gasteiger charge is 2.14. The van der Waals surface area contributed by atoms with E-state index in [2.05, 4.69) is 16.4 Å². The highest BCUT2D eigenvalue weighted by Crippen LogP contribution is 2.21. The SMILES string of the molecule is Clc1ccc2[nH]c(CNC3CCCC3)cc2c1. The van der Waals surface area contributed by atoms with Crippen LogP contribution in [-0.4, -0.2) is 11.0 Å². The van der Waals surface area contributed by atoms with Gasteiger partial charge in [-0.05, 0) is 37.1 Å². The Morgan fingerprint density at radius 3 is 2.88 bits per heavy atom. The van der Waals surface area contributed by atoms with Crippen molar-refractivity contribution >= 4 is 22.5 Å². The van der Waals surface area contributed by atoms with Crippen molar-refractivity contribution in [2.75, 3.05) is 0 Å². The second-order valence-corrected chi connectivity index (χ2v) is 5.32. The summed E-state index contributed by atoms with van der Waals surface area (Å²) >= 11 is 5.98. The molecule has 1 aromatic heterocycles. The molecule has 0 bridgehead atoms. The van der Waals surface area contributed by atoms with Gasteiger partial charge in [-0.2, -0.15) is 0 Å². The van der Waals surface area contributed by atoms with Gasteiger partial charge in [-0.25, -0.2) is 0 Å². The topological polar surface area (TPSA) is 27.8 Å². The third-order valence-electron chi connectivity index (χ3n) is 3.57. The van der Waals surface area contributed by atoms with Crippen LogP contribution in [0.1, 0.15) is 31.4 Å². The van der Waals surface area contributed by atoms with Crippen molar-refractivity contribution in [1.29, 1.82) is 0 Å². The number of halogens is 1. The van der Waals surface area contributed by atoms with Crippen molar-refractivity contribution in [3.8, 4) is 0 Å². The Morgan fingerprint density at radius 1 is 1.24 bits per heavy atom. The standard InChI is InChI=1S/C14H17ClN2/c15-11-5-6-14-10(7-11)8-13(17-14)9-16-12-3-1-2-4-12/h5-8,12,16-17H,1-4,9H2. The van der Waals surface area contributed by atoms with Gasteiger partial charge in [0, 0.05) is 34.2 Å². The largest absolute Gasteiger partial charge is 0.357 e. The van der Waals surface area contributed by atoms with E-state index in [-0.39, 0.29) is 0 Å². The van der Waals surface area contributed by atoms with Gasteiger partial charge in [0.05, 0.1) is 0 Å². The van der Waals surface area contributed by atoms with Crippen LogP contribution in [0.5, 0.6) is 0 Å². The molecule has 1 aliphatic rings. The van der Waals surface area contributed by atoms with Crippen LogP contribution in [0.4, 0.5) is 0 Å². The monoisotopic (exact) mass is 248 g/mol. The molecule has 1 aliphatic carbocycles. The van der Waals surface area contributed by atoms with Crippen molar-refractivity contribution in [1.82, 2.24) is 10.3 Å². The third-order valence-corrected chi connectivity index (χ3v) is 3.81. The average Bonchev–Trinajstić information content (AvgIpc) is 2.94. The van der Waals surface area contributed by atoms with E-state index in [1.807, 2.05) is 18.2 Å². The first-order valence-corrected chi connectivity index (χ1v) is 6.69. The molecule has 0 amide bonds. The zero-order valence-electron chi connectivity index (χ0n) is 9.80. The fraction of sp³-hybridized carbons (Fsp3) is 0.429. The van der Waals surface area contributed by atoms with Crippen molar-refractivity contribution in [2.45, 2.75) is 38.3 Å². The van der Waals surface area contributed by atoms with Crippen molar-refractivity contribution in [3.63, 3.8) is 0 Å². The van der Waals surface area contributed by atoms with Gasteiger partial charge >= 0.3 is 0 Å². The fourth-order valence-corrected chi connectivity index (χ4v) is 2.82. The number of fused-ring (bicyclic) bond motifs is 1. The molecule has 0 aliphatic heterocycles. The quantitative estimate of drug-likeness (QED) is 0.848. The summed E-state index contributed by atoms with van der Waals surface area (Å²) in [7, 11) is 0. The minimum Gasteiger partial charge on any atom is -0.357 e. The zero-order valence-corrected chi connectivity index (χ0v) is 10.6. The molecule has 90 valence electrons. The molecule has 0 unspecified atom stereocenters. The molecular formula is C14H17ClN2. The van der Waals surface area contributed by atoms with Gasteiger partial charge in [-0.1, -0.05) is 24.4 Å². The molecular weight excluding hydrogens is 232 g/mol. The smallest absolute Gasteiger partial charge is 0.0457 e. The van der Waals surface area contributed by atoms with E-state index < -0.39 is 0 Å². The summed E-state index contributed by atoms with van der Waals surface area (Å²) in [5.74, 6) is 0. The number of H-pyrrole nitrogens is 1. The number of aromatic amines is 1. The lowest BCUT2D eigenvalue weighted by atomic mass is 10.2. The van der Waals surface area contributed by atoms with Crippen LogP contribution >= 0.6 is 11.6 Å². The molecule has 17 heavy (non-hydrogen) atoms. The predicted molar refractivity (Wildman–Crippen MR) is 72.4 cm³/mol. The van der Waals surface area contributed by atoms with E-state index >= 15 is 0 Å². The molecule has 2 N–H and O–H groups in total. The Labute approximate surface area is 106 Å². The number of aromatic nitrogens is 1. The van der Waals surface area contributed by atoms with Crippen LogP contribution in [0.3, 0.4) is 0 Å². The van der Waals surface area contributed by atoms with Crippen molar-refractivity contribution in [3.05, 3.63) is 35.0 Å². The summed E-state index contributed by atoms with van der Waals surface area (Å²) in [6.45, 7) is 0.928. The highest BCUT2D eigenvalue weighted by atomic mass is 35.5. The molecule has 2 nitrogen and oxygen atoms in total. The summed E-state index contributed by atoms with van der Waals surface area (Å²) in [5, 5.41) is 5.60. The van der Waals surface area contributed by atoms with E-state index in [0.29, 0.717) is 6.04 Å². The maximum atomic E-state index is 5.98. The summed E-state index contributed by atoms with van der Waals surface area (Å²) in [5.41, 5.74) is 2.41. The Kier molecular flexibility index (Phi) is 3.08. The van der Waals surface area contributed by atoms with E-state index in [1.165, 1.54) is 36.8 Å². The van der Waals surface area contributed by atoms with Gasteiger partial charge in [0.2, 0.25) is 0 Å². The minimum absolute atomic E-state index is 0.713. The molecule has 1 fully saturated rings. The maximum absolute atomic E-state index is 5.98. The van der Waals surface area contributed by atoms with Crippen LogP contribution in [0.2, 0.25) is 5.02 Å². The molecule has 1 saturated carbocycles. The minimum atomic E-state index is 0.713. The molecule has 0 saturated heterocycles. The van der Waals surface area contributed by atoms with Gasteiger partial charge in [-0.3, -0.25) is 0 Å². The van der Waals surface area contributed by atoms with E-state index in [0.717, 1.165) is 17.1 Å². The molecule has 0 radical (unpaired) electrons. The average molecular weight is 249 g/mol. The summed E-state index contributed by atoms with van der Waals surface area (Å²) in [6, 6.07) is 8.87. The molecule has 0 spiro atoms. The van der Waals surface area contributed by atoms with Gasteiger partial charge < -0.3 is 10.3 Å². The Balaban J connectivity index is 1.72. The lowest BCUT2D eigenvalue weighted by Crippen LogP contribution is -2.25. The summed E-state index contributed by atoms with van der Waals surface area (Å²) in [6.07, 6.45) is 5.40. The van der Waals surface area contributed by atoms with Crippen molar-refractivity contribution < 1.29 is 0 Å². The zero-order chi connectivity index (χ0) is 11.7. The van der Waals surface area contributed by atoms with Gasteiger partial charge in [-0.15, -0.1) is 0 Å². The molecule has 0 atom stereocenters. The Bertz CT molecular complexity index is 512. The van der Waals surface area contributed by atoms with E-state index in [4.69, 9.17) is 11.6 Å². The van der Waals surface area contributed by atoms with Gasteiger partial charge in [0.15, 0.2) is 0 Å². The van der Waals surface area contributed by atoms with Crippen LogP contribution < -0.4 is 5.32 Å². The second kappa shape index (κ2) is 4.71. The summed E-state index contributed by atoms with van der Waals surface area (Å²) in [4.78, 5) is 3.43. The summed E-state index contributed by atoms with van der Waals surface area (Å²) < 4.78 is 0. The first-order chi connectivity index (χ1) is 8.31. The predicted octanol–water partition coefficient (Wildman–Crippen LogP) is 3.85. The van der Waals surface area contributed by atoms with E-state index in [9.17, 15) is 0 Å². The van der Waals surface area contributed by atoms with E-state index in [1.54, 1.807) is 0 Å². The Morgan fingerprint density at radius 2 is 2.06 bits per heavy atom. The normalized spacial score (nSPS) is 17.0. The molecule has 3 rings (SSSR count). The van der Waals surface area contributed by atoms with Crippen LogP contribution in [0.25, 0.3) is 10.9 Å². The number of hydrogen-bond acceptors (Lipinski definition) is 1. The number of benzene rings is 1. The van der Waals surface area contributed by atoms with Gasteiger partial charge in [0.1, 0.15) is 0 Å². The fourth-order valence-electron chi connectivity index (χ4n) is 2.64. The number of nitrogens with one attached hydrogen (secondary N) is 2. The van der Waals surface area contributed by atoms with Gasteiger partial charge in [0.25, 0.3) is 0 Å². The number of rotatable bonds is 3. The lowest BCUT2D eigenvalue weighted by molar-refractivity contribution is 0.520. The first-order valence-electron chi connectivity index (χ1n) is 6.32.